The summed E-state index contributed by atoms with van der Waals surface area (Å²) in [7, 11) is 0. The van der Waals surface area contributed by atoms with Gasteiger partial charge in [-0.25, -0.2) is 0 Å². The Bertz CT molecular complexity index is 266. The Balaban J connectivity index is 1.70. The first-order chi connectivity index (χ1) is 8.65. The molecule has 0 saturated carbocycles. The van der Waals surface area contributed by atoms with Crippen molar-refractivity contribution in [2.75, 3.05) is 45.8 Å². The smallest absolute Gasteiger partial charge is 0.222 e. The van der Waals surface area contributed by atoms with Gasteiger partial charge >= 0.3 is 0 Å². The standard InChI is InChI=1S/C14H27N3O/c1-12(2)11-16-5-7-17(8-6-16)14(18)9-13-3-4-15-10-13/h12-13,15H,3-11H2,1-2H3. The largest absolute Gasteiger partial charge is 0.340 e. The monoisotopic (exact) mass is 253 g/mol. The van der Waals surface area contributed by atoms with E-state index in [0.717, 1.165) is 58.2 Å². The van der Waals surface area contributed by atoms with Crippen LogP contribution in [0, 0.1) is 11.8 Å². The molecule has 4 heteroatoms. The van der Waals surface area contributed by atoms with E-state index in [1.54, 1.807) is 0 Å². The molecule has 0 aliphatic carbocycles. The molecule has 2 heterocycles. The first-order valence-electron chi connectivity index (χ1n) is 7.36. The molecule has 1 N–H and O–H groups in total. The second-order valence-electron chi connectivity index (χ2n) is 6.14. The Morgan fingerprint density at radius 2 is 2.00 bits per heavy atom. The summed E-state index contributed by atoms with van der Waals surface area (Å²) >= 11 is 0. The van der Waals surface area contributed by atoms with Crippen LogP contribution in [0.5, 0.6) is 0 Å². The molecule has 2 saturated heterocycles. The SMILES string of the molecule is CC(C)CN1CCN(C(=O)CC2CCNC2)CC1. The van der Waals surface area contributed by atoms with E-state index >= 15 is 0 Å². The molecule has 2 rings (SSSR count). The Labute approximate surface area is 111 Å². The average Bonchev–Trinajstić information content (AvgIpc) is 2.82. The number of carbonyl (C=O) groups is 1. The highest BCUT2D eigenvalue weighted by molar-refractivity contribution is 5.76. The van der Waals surface area contributed by atoms with Crippen LogP contribution in [0.2, 0.25) is 0 Å². The molecule has 0 radical (unpaired) electrons. The first kappa shape index (κ1) is 13.8. The minimum Gasteiger partial charge on any atom is -0.340 e. The number of carbonyl (C=O) groups excluding carboxylic acids is 1. The summed E-state index contributed by atoms with van der Waals surface area (Å²) in [6, 6.07) is 0. The maximum absolute atomic E-state index is 12.2. The van der Waals surface area contributed by atoms with E-state index in [4.69, 9.17) is 0 Å². The number of nitrogens with one attached hydrogen (secondary N) is 1. The van der Waals surface area contributed by atoms with Crippen molar-refractivity contribution < 1.29 is 4.79 Å². The predicted octanol–water partition coefficient (Wildman–Crippen LogP) is 0.786. The molecule has 0 bridgehead atoms. The van der Waals surface area contributed by atoms with Gasteiger partial charge in [0.1, 0.15) is 0 Å². The van der Waals surface area contributed by atoms with Gasteiger partial charge in [0, 0.05) is 39.1 Å². The third-order valence-electron chi connectivity index (χ3n) is 3.97. The van der Waals surface area contributed by atoms with Gasteiger partial charge in [-0.05, 0) is 31.3 Å². The van der Waals surface area contributed by atoms with Crippen molar-refractivity contribution in [3.05, 3.63) is 0 Å². The molecule has 2 aliphatic rings. The highest BCUT2D eigenvalue weighted by Gasteiger charge is 2.24. The molecule has 2 fully saturated rings. The van der Waals surface area contributed by atoms with Crippen LogP contribution in [-0.2, 0) is 4.79 Å². The van der Waals surface area contributed by atoms with Crippen molar-refractivity contribution in [1.29, 1.82) is 0 Å². The van der Waals surface area contributed by atoms with Gasteiger partial charge in [0.05, 0.1) is 0 Å². The van der Waals surface area contributed by atoms with Gasteiger partial charge in [0.25, 0.3) is 0 Å². The highest BCUT2D eigenvalue weighted by Crippen LogP contribution is 2.15. The van der Waals surface area contributed by atoms with E-state index < -0.39 is 0 Å². The molecule has 18 heavy (non-hydrogen) atoms. The van der Waals surface area contributed by atoms with E-state index in [9.17, 15) is 4.79 Å². The first-order valence-corrected chi connectivity index (χ1v) is 7.36. The third kappa shape index (κ3) is 3.95. The van der Waals surface area contributed by atoms with Crippen LogP contribution in [0.1, 0.15) is 26.7 Å². The molecule has 1 atom stereocenters. The molecular formula is C14H27N3O. The number of hydrogen-bond donors (Lipinski definition) is 1. The topological polar surface area (TPSA) is 35.6 Å². The number of piperazine rings is 1. The lowest BCUT2D eigenvalue weighted by atomic mass is 10.0. The Hall–Kier alpha value is -0.610. The summed E-state index contributed by atoms with van der Waals surface area (Å²) < 4.78 is 0. The van der Waals surface area contributed by atoms with E-state index in [2.05, 4.69) is 29.0 Å². The summed E-state index contributed by atoms with van der Waals surface area (Å²) in [4.78, 5) is 16.7. The van der Waals surface area contributed by atoms with E-state index in [1.165, 1.54) is 6.42 Å². The van der Waals surface area contributed by atoms with E-state index in [-0.39, 0.29) is 0 Å². The van der Waals surface area contributed by atoms with Crippen molar-refractivity contribution in [3.8, 4) is 0 Å². The van der Waals surface area contributed by atoms with Crippen LogP contribution in [-0.4, -0.2) is 61.5 Å². The molecule has 2 aliphatic heterocycles. The summed E-state index contributed by atoms with van der Waals surface area (Å²) in [5, 5.41) is 3.33. The zero-order valence-electron chi connectivity index (χ0n) is 11.8. The Kier molecular flexibility index (Phi) is 5.01. The molecule has 0 aromatic heterocycles. The minimum atomic E-state index is 0.368. The predicted molar refractivity (Wildman–Crippen MR) is 73.5 cm³/mol. The minimum absolute atomic E-state index is 0.368. The van der Waals surface area contributed by atoms with Gasteiger partial charge in [-0.1, -0.05) is 13.8 Å². The van der Waals surface area contributed by atoms with E-state index in [0.29, 0.717) is 11.8 Å². The van der Waals surface area contributed by atoms with Crippen molar-refractivity contribution in [2.45, 2.75) is 26.7 Å². The summed E-state index contributed by atoms with van der Waals surface area (Å²) in [5.74, 6) is 1.66. The molecule has 104 valence electrons. The van der Waals surface area contributed by atoms with Crippen LogP contribution < -0.4 is 5.32 Å². The number of hydrogen-bond acceptors (Lipinski definition) is 3. The van der Waals surface area contributed by atoms with Gasteiger partial charge in [-0.2, -0.15) is 0 Å². The zero-order chi connectivity index (χ0) is 13.0. The van der Waals surface area contributed by atoms with Crippen LogP contribution in [0.3, 0.4) is 0 Å². The molecule has 0 aromatic rings. The van der Waals surface area contributed by atoms with Gasteiger partial charge in [0.2, 0.25) is 5.91 Å². The highest BCUT2D eigenvalue weighted by atomic mass is 16.2. The fourth-order valence-corrected chi connectivity index (χ4v) is 2.96. The van der Waals surface area contributed by atoms with Crippen molar-refractivity contribution >= 4 is 5.91 Å². The van der Waals surface area contributed by atoms with Crippen molar-refractivity contribution in [2.24, 2.45) is 11.8 Å². The Morgan fingerprint density at radius 1 is 1.28 bits per heavy atom. The van der Waals surface area contributed by atoms with Gasteiger partial charge < -0.3 is 10.2 Å². The average molecular weight is 253 g/mol. The molecule has 1 unspecified atom stereocenters. The number of amides is 1. The maximum atomic E-state index is 12.2. The molecule has 0 spiro atoms. The summed E-state index contributed by atoms with van der Waals surface area (Å²) in [5.41, 5.74) is 0. The zero-order valence-corrected chi connectivity index (χ0v) is 11.8. The van der Waals surface area contributed by atoms with Crippen LogP contribution in [0.15, 0.2) is 0 Å². The lowest BCUT2D eigenvalue weighted by Crippen LogP contribution is -2.49. The summed E-state index contributed by atoms with van der Waals surface area (Å²) in [6.07, 6.45) is 1.91. The van der Waals surface area contributed by atoms with Crippen LogP contribution in [0.25, 0.3) is 0 Å². The molecular weight excluding hydrogens is 226 g/mol. The van der Waals surface area contributed by atoms with Crippen LogP contribution in [0.4, 0.5) is 0 Å². The number of rotatable bonds is 4. The van der Waals surface area contributed by atoms with Crippen LogP contribution >= 0.6 is 0 Å². The van der Waals surface area contributed by atoms with Crippen molar-refractivity contribution in [1.82, 2.24) is 15.1 Å². The molecule has 1 amide bonds. The normalized spacial score (nSPS) is 25.9. The molecule has 4 nitrogen and oxygen atoms in total. The van der Waals surface area contributed by atoms with Gasteiger partial charge in [0.15, 0.2) is 0 Å². The fourth-order valence-electron chi connectivity index (χ4n) is 2.96. The quantitative estimate of drug-likeness (QED) is 0.804. The van der Waals surface area contributed by atoms with Crippen molar-refractivity contribution in [3.63, 3.8) is 0 Å². The lowest BCUT2D eigenvalue weighted by molar-refractivity contribution is -0.133. The fraction of sp³-hybridized carbons (Fsp3) is 0.929. The maximum Gasteiger partial charge on any atom is 0.222 e. The Morgan fingerprint density at radius 3 is 2.56 bits per heavy atom. The molecule has 0 aromatic carbocycles. The van der Waals surface area contributed by atoms with Gasteiger partial charge in [-0.15, -0.1) is 0 Å². The lowest BCUT2D eigenvalue weighted by Gasteiger charge is -2.36. The second kappa shape index (κ2) is 6.53. The number of nitrogens with zero attached hydrogens (tertiary/aromatic N) is 2. The van der Waals surface area contributed by atoms with E-state index in [1.807, 2.05) is 0 Å². The third-order valence-corrected chi connectivity index (χ3v) is 3.97. The van der Waals surface area contributed by atoms with Gasteiger partial charge in [-0.3, -0.25) is 9.69 Å². The second-order valence-corrected chi connectivity index (χ2v) is 6.14. The summed E-state index contributed by atoms with van der Waals surface area (Å²) in [6.45, 7) is 11.7.